The molecule has 2 unspecified atom stereocenters. The first kappa shape index (κ1) is 46.8. The maximum atomic E-state index is 12.6. The van der Waals surface area contributed by atoms with Crippen LogP contribution in [0.5, 0.6) is 0 Å². The predicted octanol–water partition coefficient (Wildman–Crippen LogP) is 10.1. The van der Waals surface area contributed by atoms with Gasteiger partial charge in [-0.3, -0.25) is 9.59 Å². The molecule has 0 aromatic carbocycles. The monoisotopic (exact) mass is 695 g/mol. The van der Waals surface area contributed by atoms with Crippen LogP contribution >= 0.6 is 0 Å². The van der Waals surface area contributed by atoms with Gasteiger partial charge in [0.1, 0.15) is 6.61 Å². The number of rotatable bonds is 35. The fraction of sp³-hybridized carbons (Fsp3) is 0.829. The highest BCUT2D eigenvalue weighted by Gasteiger charge is 2.31. The van der Waals surface area contributed by atoms with E-state index in [1.807, 2.05) is 21.1 Å². The zero-order valence-electron chi connectivity index (χ0n) is 32.4. The topological polar surface area (TPSA) is 99.1 Å². The van der Waals surface area contributed by atoms with E-state index in [4.69, 9.17) is 14.2 Å². The third kappa shape index (κ3) is 31.5. The molecular weight excluding hydrogens is 618 g/mol. The summed E-state index contributed by atoms with van der Waals surface area (Å²) in [7, 11) is 5.51. The molecule has 0 aliphatic heterocycles. The molecule has 0 aromatic rings. The summed E-state index contributed by atoms with van der Waals surface area (Å²) < 4.78 is 17.2. The van der Waals surface area contributed by atoms with Gasteiger partial charge in [0.15, 0.2) is 12.1 Å². The number of nitrogens with zero attached hydrogens (tertiary/aromatic N) is 1. The Bertz CT molecular complexity index is 864. The number of quaternary nitrogens is 1. The molecule has 0 fully saturated rings. The molecular formula is C41H76NO7+. The van der Waals surface area contributed by atoms with E-state index >= 15 is 0 Å². The molecule has 0 aromatic heterocycles. The Morgan fingerprint density at radius 2 is 1.08 bits per heavy atom. The largest absolute Gasteiger partial charge is 0.477 e. The molecule has 0 aliphatic carbocycles. The summed E-state index contributed by atoms with van der Waals surface area (Å²) >= 11 is 0. The number of carbonyl (C=O) groups excluding carboxylic acids is 2. The van der Waals surface area contributed by atoms with Gasteiger partial charge in [0.05, 0.1) is 34.4 Å². The van der Waals surface area contributed by atoms with Gasteiger partial charge < -0.3 is 23.8 Å². The van der Waals surface area contributed by atoms with E-state index in [0.717, 1.165) is 64.2 Å². The molecule has 0 heterocycles. The van der Waals surface area contributed by atoms with Crippen molar-refractivity contribution in [3.63, 3.8) is 0 Å². The molecule has 8 nitrogen and oxygen atoms in total. The second kappa shape index (κ2) is 33.0. The van der Waals surface area contributed by atoms with Crippen LogP contribution in [0.4, 0.5) is 0 Å². The van der Waals surface area contributed by atoms with Crippen molar-refractivity contribution in [2.45, 2.75) is 180 Å². The number of ether oxygens (including phenoxy) is 3. The average molecular weight is 695 g/mol. The van der Waals surface area contributed by atoms with Gasteiger partial charge in [-0.2, -0.15) is 0 Å². The Morgan fingerprint density at radius 3 is 1.59 bits per heavy atom. The summed E-state index contributed by atoms with van der Waals surface area (Å²) in [4.78, 5) is 36.7. The molecule has 2 atom stereocenters. The molecule has 8 heteroatoms. The molecule has 0 amide bonds. The molecule has 0 bridgehead atoms. The summed E-state index contributed by atoms with van der Waals surface area (Å²) in [5.41, 5.74) is 0. The predicted molar refractivity (Wildman–Crippen MR) is 202 cm³/mol. The Morgan fingerprint density at radius 1 is 0.612 bits per heavy atom. The highest BCUT2D eigenvalue weighted by atomic mass is 16.6. The molecule has 1 N–H and O–H groups in total. The maximum Gasteiger partial charge on any atom is 0.362 e. The minimum absolute atomic E-state index is 0.0536. The highest BCUT2D eigenvalue weighted by Crippen LogP contribution is 2.13. The third-order valence-electron chi connectivity index (χ3n) is 8.85. The SMILES string of the molecule is CCCCCC/C=C\C/C=C\CCCCCCCC(=O)OC(COCCC(C(=O)O)[N+](C)(C)C)COC(=O)CCCCCCCCCCC. The Hall–Kier alpha value is -2.19. The fourth-order valence-corrected chi connectivity index (χ4v) is 5.71. The first-order valence-electron chi connectivity index (χ1n) is 19.9. The van der Waals surface area contributed by atoms with Crippen LogP contribution in [0.3, 0.4) is 0 Å². The number of hydrogen-bond acceptors (Lipinski definition) is 6. The first-order valence-corrected chi connectivity index (χ1v) is 19.9. The number of unbranched alkanes of at least 4 members (excludes halogenated alkanes) is 17. The molecule has 0 radical (unpaired) electrons. The lowest BCUT2D eigenvalue weighted by atomic mass is 10.1. The second-order valence-electron chi connectivity index (χ2n) is 14.5. The Kier molecular flexibility index (Phi) is 31.5. The van der Waals surface area contributed by atoms with Gasteiger partial charge in [-0.05, 0) is 44.9 Å². The van der Waals surface area contributed by atoms with Gasteiger partial charge in [0, 0.05) is 19.3 Å². The number of esters is 2. The van der Waals surface area contributed by atoms with E-state index in [1.54, 1.807) is 0 Å². The quantitative estimate of drug-likeness (QED) is 0.0305. The molecule has 0 saturated heterocycles. The number of aliphatic carboxylic acids is 1. The van der Waals surface area contributed by atoms with Gasteiger partial charge in [-0.25, -0.2) is 4.79 Å². The van der Waals surface area contributed by atoms with Crippen LogP contribution in [-0.4, -0.2) is 80.6 Å². The number of carboxylic acid groups (broad SMARTS) is 1. The summed E-state index contributed by atoms with van der Waals surface area (Å²) in [5, 5.41) is 9.58. The van der Waals surface area contributed by atoms with Crippen molar-refractivity contribution in [1.82, 2.24) is 0 Å². The van der Waals surface area contributed by atoms with E-state index < -0.39 is 18.1 Å². The lowest BCUT2D eigenvalue weighted by molar-refractivity contribution is -0.887. The highest BCUT2D eigenvalue weighted by molar-refractivity contribution is 5.72. The van der Waals surface area contributed by atoms with Crippen molar-refractivity contribution >= 4 is 17.9 Å². The minimum atomic E-state index is -0.878. The lowest BCUT2D eigenvalue weighted by Gasteiger charge is -2.31. The molecule has 0 rings (SSSR count). The zero-order valence-corrected chi connectivity index (χ0v) is 32.4. The molecule has 0 aliphatic rings. The molecule has 0 spiro atoms. The standard InChI is InChI=1S/C41H75NO7/c1-6-8-10-12-14-16-17-18-19-20-21-22-24-26-28-30-32-40(44)49-37(35-47-34-33-38(41(45)46)42(3,4)5)36-48-39(43)31-29-27-25-23-15-13-11-9-7-2/h16-17,19-20,37-38H,6-15,18,21-36H2,1-5H3/p+1/b17-16-,20-19-. The van der Waals surface area contributed by atoms with Crippen LogP contribution in [0.2, 0.25) is 0 Å². The van der Waals surface area contributed by atoms with Crippen LogP contribution < -0.4 is 0 Å². The van der Waals surface area contributed by atoms with Gasteiger partial charge in [-0.15, -0.1) is 0 Å². The number of carboxylic acids is 1. The lowest BCUT2D eigenvalue weighted by Crippen LogP contribution is -2.50. The number of allylic oxidation sites excluding steroid dienone is 4. The van der Waals surface area contributed by atoms with Crippen molar-refractivity contribution in [2.75, 3.05) is 41.0 Å². The third-order valence-corrected chi connectivity index (χ3v) is 8.85. The van der Waals surface area contributed by atoms with Crippen molar-refractivity contribution in [3.8, 4) is 0 Å². The number of hydrogen-bond donors (Lipinski definition) is 1. The van der Waals surface area contributed by atoms with E-state index in [9.17, 15) is 19.5 Å². The zero-order chi connectivity index (χ0) is 36.4. The van der Waals surface area contributed by atoms with Crippen LogP contribution in [0.15, 0.2) is 24.3 Å². The van der Waals surface area contributed by atoms with E-state index in [2.05, 4.69) is 38.2 Å². The van der Waals surface area contributed by atoms with Crippen molar-refractivity contribution in [1.29, 1.82) is 0 Å². The van der Waals surface area contributed by atoms with Crippen LogP contribution in [0.25, 0.3) is 0 Å². The normalized spacial score (nSPS) is 13.2. The molecule has 49 heavy (non-hydrogen) atoms. The van der Waals surface area contributed by atoms with E-state index in [-0.39, 0.29) is 36.2 Å². The van der Waals surface area contributed by atoms with Crippen molar-refractivity contribution in [3.05, 3.63) is 24.3 Å². The average Bonchev–Trinajstić information content (AvgIpc) is 3.05. The summed E-state index contributed by atoms with van der Waals surface area (Å²) in [5.74, 6) is -1.49. The smallest absolute Gasteiger partial charge is 0.362 e. The summed E-state index contributed by atoms with van der Waals surface area (Å²) in [6.45, 7) is 4.68. The van der Waals surface area contributed by atoms with Gasteiger partial charge in [0.25, 0.3) is 0 Å². The van der Waals surface area contributed by atoms with Crippen LogP contribution in [0, 0.1) is 0 Å². The molecule has 286 valence electrons. The van der Waals surface area contributed by atoms with Crippen LogP contribution in [0.1, 0.15) is 168 Å². The minimum Gasteiger partial charge on any atom is -0.477 e. The van der Waals surface area contributed by atoms with Crippen molar-refractivity contribution in [2.24, 2.45) is 0 Å². The van der Waals surface area contributed by atoms with E-state index in [1.165, 1.54) is 70.6 Å². The second-order valence-corrected chi connectivity index (χ2v) is 14.5. The Labute approximate surface area is 301 Å². The van der Waals surface area contributed by atoms with Gasteiger partial charge in [0.2, 0.25) is 0 Å². The number of carbonyl (C=O) groups is 3. The van der Waals surface area contributed by atoms with Gasteiger partial charge in [-0.1, -0.05) is 128 Å². The summed E-state index contributed by atoms with van der Waals surface area (Å²) in [6, 6.07) is -0.613. The summed E-state index contributed by atoms with van der Waals surface area (Å²) in [6.07, 6.45) is 33.6. The first-order chi connectivity index (χ1) is 23.6. The molecule has 0 saturated carbocycles. The fourth-order valence-electron chi connectivity index (χ4n) is 5.71. The van der Waals surface area contributed by atoms with Gasteiger partial charge >= 0.3 is 17.9 Å². The maximum absolute atomic E-state index is 12.6. The van der Waals surface area contributed by atoms with Crippen molar-refractivity contribution < 1.29 is 38.2 Å². The van der Waals surface area contributed by atoms with Crippen LogP contribution in [-0.2, 0) is 28.6 Å². The number of likely N-dealkylation sites (N-methyl/N-ethyl adjacent to an activating group) is 1. The Balaban J connectivity index is 4.40. The van der Waals surface area contributed by atoms with E-state index in [0.29, 0.717) is 19.3 Å².